The SMILES string of the molecule is C=C(C(=O)OCC)C1CCO1. The molecule has 0 aliphatic carbocycles. The van der Waals surface area contributed by atoms with Gasteiger partial charge in [0, 0.05) is 6.42 Å². The topological polar surface area (TPSA) is 35.5 Å². The Bertz CT molecular complexity index is 170. The maximum Gasteiger partial charge on any atom is 0.336 e. The van der Waals surface area contributed by atoms with Gasteiger partial charge in [-0.15, -0.1) is 0 Å². The summed E-state index contributed by atoms with van der Waals surface area (Å²) in [5.41, 5.74) is 0.443. The average Bonchev–Trinajstić information content (AvgIpc) is 1.84. The van der Waals surface area contributed by atoms with Gasteiger partial charge in [-0.25, -0.2) is 4.79 Å². The first-order chi connectivity index (χ1) is 5.25. The maximum absolute atomic E-state index is 11.0. The molecule has 1 aliphatic rings. The predicted octanol–water partition coefficient (Wildman–Crippen LogP) is 0.895. The molecule has 0 aromatic rings. The molecule has 11 heavy (non-hydrogen) atoms. The van der Waals surface area contributed by atoms with Crippen LogP contribution in [0.2, 0.25) is 0 Å². The zero-order valence-electron chi connectivity index (χ0n) is 6.63. The largest absolute Gasteiger partial charge is 0.463 e. The van der Waals surface area contributed by atoms with Gasteiger partial charge in [0.05, 0.1) is 24.9 Å². The smallest absolute Gasteiger partial charge is 0.336 e. The number of ether oxygens (including phenoxy) is 2. The van der Waals surface area contributed by atoms with Crippen LogP contribution in [0.25, 0.3) is 0 Å². The third-order valence-corrected chi connectivity index (χ3v) is 1.63. The van der Waals surface area contributed by atoms with Crippen molar-refractivity contribution in [2.24, 2.45) is 0 Å². The van der Waals surface area contributed by atoms with E-state index >= 15 is 0 Å². The average molecular weight is 156 g/mol. The van der Waals surface area contributed by atoms with Crippen molar-refractivity contribution in [3.63, 3.8) is 0 Å². The number of hydrogen-bond acceptors (Lipinski definition) is 3. The van der Waals surface area contributed by atoms with E-state index in [0.717, 1.165) is 13.0 Å². The summed E-state index contributed by atoms with van der Waals surface area (Å²) in [7, 11) is 0. The summed E-state index contributed by atoms with van der Waals surface area (Å²) in [5.74, 6) is -0.336. The van der Waals surface area contributed by atoms with E-state index in [1.54, 1.807) is 6.92 Å². The van der Waals surface area contributed by atoms with Gasteiger partial charge in [0.2, 0.25) is 0 Å². The Labute approximate surface area is 66.0 Å². The lowest BCUT2D eigenvalue weighted by atomic mass is 10.1. The molecule has 0 bridgehead atoms. The molecule has 0 aromatic heterocycles. The van der Waals surface area contributed by atoms with Crippen molar-refractivity contribution >= 4 is 5.97 Å². The van der Waals surface area contributed by atoms with E-state index in [4.69, 9.17) is 9.47 Å². The Morgan fingerprint density at radius 1 is 1.82 bits per heavy atom. The molecular weight excluding hydrogens is 144 g/mol. The second-order valence-corrected chi connectivity index (χ2v) is 2.39. The summed E-state index contributed by atoms with van der Waals surface area (Å²) in [4.78, 5) is 11.0. The molecule has 0 N–H and O–H groups in total. The molecule has 1 rings (SSSR count). The third kappa shape index (κ3) is 1.80. The fourth-order valence-electron chi connectivity index (χ4n) is 0.866. The zero-order chi connectivity index (χ0) is 8.27. The first-order valence-electron chi connectivity index (χ1n) is 3.73. The van der Waals surface area contributed by atoms with E-state index in [1.807, 2.05) is 0 Å². The molecule has 1 aliphatic heterocycles. The predicted molar refractivity (Wildman–Crippen MR) is 40.1 cm³/mol. The molecule has 1 fully saturated rings. The van der Waals surface area contributed by atoms with Crippen LogP contribution in [0.1, 0.15) is 13.3 Å². The van der Waals surface area contributed by atoms with E-state index in [1.165, 1.54) is 0 Å². The summed E-state index contributed by atoms with van der Waals surface area (Å²) >= 11 is 0. The standard InChI is InChI=1S/C8H12O3/c1-3-10-8(9)6(2)7-4-5-11-7/h7H,2-5H2,1H3. The molecular formula is C8H12O3. The van der Waals surface area contributed by atoms with Crippen LogP contribution in [-0.2, 0) is 14.3 Å². The molecule has 1 unspecified atom stereocenters. The van der Waals surface area contributed by atoms with Gasteiger partial charge in [-0.3, -0.25) is 0 Å². The molecule has 1 heterocycles. The van der Waals surface area contributed by atoms with Gasteiger partial charge < -0.3 is 9.47 Å². The highest BCUT2D eigenvalue weighted by molar-refractivity contribution is 5.88. The fraction of sp³-hybridized carbons (Fsp3) is 0.625. The Morgan fingerprint density at radius 3 is 2.82 bits per heavy atom. The minimum atomic E-state index is -0.336. The molecule has 3 nitrogen and oxygen atoms in total. The van der Waals surface area contributed by atoms with Crippen molar-refractivity contribution in [2.45, 2.75) is 19.4 Å². The lowest BCUT2D eigenvalue weighted by Crippen LogP contribution is -2.32. The van der Waals surface area contributed by atoms with Gasteiger partial charge in [-0.1, -0.05) is 6.58 Å². The Hall–Kier alpha value is -0.830. The fourth-order valence-corrected chi connectivity index (χ4v) is 0.866. The van der Waals surface area contributed by atoms with Crippen LogP contribution in [0.15, 0.2) is 12.2 Å². The summed E-state index contributed by atoms with van der Waals surface area (Å²) in [6.45, 7) is 6.49. The Balaban J connectivity index is 2.33. The summed E-state index contributed by atoms with van der Waals surface area (Å²) < 4.78 is 9.80. The second-order valence-electron chi connectivity index (χ2n) is 2.39. The van der Waals surface area contributed by atoms with Crippen LogP contribution in [0.5, 0.6) is 0 Å². The quantitative estimate of drug-likeness (QED) is 0.449. The number of carbonyl (C=O) groups is 1. The monoisotopic (exact) mass is 156 g/mol. The first-order valence-corrected chi connectivity index (χ1v) is 3.73. The first kappa shape index (κ1) is 8.27. The van der Waals surface area contributed by atoms with Crippen molar-refractivity contribution in [1.29, 1.82) is 0 Å². The molecule has 1 saturated heterocycles. The highest BCUT2D eigenvalue weighted by Crippen LogP contribution is 2.19. The molecule has 3 heteroatoms. The molecule has 0 radical (unpaired) electrons. The number of esters is 1. The number of rotatable bonds is 3. The van der Waals surface area contributed by atoms with E-state index < -0.39 is 0 Å². The minimum Gasteiger partial charge on any atom is -0.463 e. The van der Waals surface area contributed by atoms with Gasteiger partial charge >= 0.3 is 5.97 Å². The van der Waals surface area contributed by atoms with Gasteiger partial charge in [-0.05, 0) is 6.92 Å². The van der Waals surface area contributed by atoms with Crippen LogP contribution in [0.3, 0.4) is 0 Å². The van der Waals surface area contributed by atoms with E-state index in [9.17, 15) is 4.79 Å². The normalized spacial score (nSPS) is 22.1. The van der Waals surface area contributed by atoms with E-state index in [0.29, 0.717) is 12.2 Å². The minimum absolute atomic E-state index is 0.0888. The van der Waals surface area contributed by atoms with Gasteiger partial charge in [-0.2, -0.15) is 0 Å². The summed E-state index contributed by atoms with van der Waals surface area (Å²) in [6, 6.07) is 0. The molecule has 0 spiro atoms. The van der Waals surface area contributed by atoms with Crippen molar-refractivity contribution in [2.75, 3.05) is 13.2 Å². The van der Waals surface area contributed by atoms with E-state index in [-0.39, 0.29) is 12.1 Å². The van der Waals surface area contributed by atoms with Gasteiger partial charge in [0.1, 0.15) is 0 Å². The molecule has 62 valence electrons. The number of hydrogen-bond donors (Lipinski definition) is 0. The van der Waals surface area contributed by atoms with Crippen LogP contribution in [0, 0.1) is 0 Å². The lowest BCUT2D eigenvalue weighted by molar-refractivity contribution is -0.142. The van der Waals surface area contributed by atoms with Crippen LogP contribution in [-0.4, -0.2) is 25.3 Å². The summed E-state index contributed by atoms with van der Waals surface area (Å²) in [6.07, 6.45) is 0.798. The molecule has 0 saturated carbocycles. The van der Waals surface area contributed by atoms with Crippen molar-refractivity contribution in [3.8, 4) is 0 Å². The molecule has 0 amide bonds. The second kappa shape index (κ2) is 3.53. The van der Waals surface area contributed by atoms with E-state index in [2.05, 4.69) is 6.58 Å². The molecule has 0 aromatic carbocycles. The highest BCUT2D eigenvalue weighted by Gasteiger charge is 2.26. The highest BCUT2D eigenvalue weighted by atomic mass is 16.5. The molecule has 1 atom stereocenters. The van der Waals surface area contributed by atoms with Gasteiger partial charge in [0.15, 0.2) is 0 Å². The third-order valence-electron chi connectivity index (χ3n) is 1.63. The van der Waals surface area contributed by atoms with Crippen LogP contribution < -0.4 is 0 Å². The Morgan fingerprint density at radius 2 is 2.45 bits per heavy atom. The van der Waals surface area contributed by atoms with Crippen LogP contribution in [0.4, 0.5) is 0 Å². The van der Waals surface area contributed by atoms with Gasteiger partial charge in [0.25, 0.3) is 0 Å². The summed E-state index contributed by atoms with van der Waals surface area (Å²) in [5, 5.41) is 0. The van der Waals surface area contributed by atoms with Crippen molar-refractivity contribution in [1.82, 2.24) is 0 Å². The number of carbonyl (C=O) groups excluding carboxylic acids is 1. The maximum atomic E-state index is 11.0. The lowest BCUT2D eigenvalue weighted by Gasteiger charge is -2.26. The zero-order valence-corrected chi connectivity index (χ0v) is 6.63. The Kier molecular flexibility index (Phi) is 2.65. The van der Waals surface area contributed by atoms with Crippen molar-refractivity contribution < 1.29 is 14.3 Å². The van der Waals surface area contributed by atoms with Crippen molar-refractivity contribution in [3.05, 3.63) is 12.2 Å². The van der Waals surface area contributed by atoms with Crippen LogP contribution >= 0.6 is 0 Å².